The van der Waals surface area contributed by atoms with Gasteiger partial charge < -0.3 is 10.6 Å². The van der Waals surface area contributed by atoms with Crippen molar-refractivity contribution in [3.8, 4) is 0 Å². The number of halogens is 2. The normalized spacial score (nSPS) is 10.5. The first-order valence-electron chi connectivity index (χ1n) is 7.46. The van der Waals surface area contributed by atoms with Gasteiger partial charge in [0, 0.05) is 23.3 Å². The smallest absolute Gasteiger partial charge is 0.229 e. The minimum Gasteiger partial charge on any atom is -0.366 e. The fourth-order valence-corrected chi connectivity index (χ4v) is 2.43. The summed E-state index contributed by atoms with van der Waals surface area (Å²) in [5, 5.41) is 6.81. The van der Waals surface area contributed by atoms with Gasteiger partial charge in [-0.3, -0.25) is 0 Å². The minimum atomic E-state index is -0.354. The number of aryl methyl sites for hydroxylation is 1. The predicted molar refractivity (Wildman–Crippen MR) is 95.2 cm³/mol. The molecule has 4 nitrogen and oxygen atoms in total. The van der Waals surface area contributed by atoms with E-state index in [2.05, 4.69) is 20.6 Å². The predicted octanol–water partition coefficient (Wildman–Crippen LogP) is 4.93. The lowest BCUT2D eigenvalue weighted by atomic mass is 10.2. The number of para-hydroxylation sites is 1. The van der Waals surface area contributed by atoms with Crippen molar-refractivity contribution >= 4 is 29.1 Å². The van der Waals surface area contributed by atoms with Crippen molar-refractivity contribution in [1.82, 2.24) is 9.97 Å². The van der Waals surface area contributed by atoms with Crippen molar-refractivity contribution in [1.29, 1.82) is 0 Å². The van der Waals surface area contributed by atoms with Gasteiger partial charge in [-0.15, -0.1) is 0 Å². The highest BCUT2D eigenvalue weighted by molar-refractivity contribution is 6.31. The van der Waals surface area contributed by atoms with Crippen LogP contribution in [0.1, 0.15) is 11.3 Å². The van der Waals surface area contributed by atoms with E-state index >= 15 is 0 Å². The first-order valence-corrected chi connectivity index (χ1v) is 7.84. The number of nitrogens with one attached hydrogen (secondary N) is 2. The molecule has 2 aromatic carbocycles. The molecule has 0 aliphatic rings. The Morgan fingerprint density at radius 2 is 1.79 bits per heavy atom. The molecular formula is C18H16ClFN4. The van der Waals surface area contributed by atoms with E-state index in [4.69, 9.17) is 11.6 Å². The summed E-state index contributed by atoms with van der Waals surface area (Å²) in [4.78, 5) is 8.66. The standard InChI is InChI=1S/C18H16ClFN4/c1-12-10-17(21-11-13-6-2-3-7-14(13)19)24-18(22-12)23-16-9-5-4-8-15(16)20/h2-10H,11H2,1H3,(H2,21,22,23,24). The second-order valence-electron chi connectivity index (χ2n) is 5.27. The summed E-state index contributed by atoms with van der Waals surface area (Å²) in [7, 11) is 0. The molecule has 0 aliphatic carbocycles. The highest BCUT2D eigenvalue weighted by Crippen LogP contribution is 2.20. The molecule has 1 heterocycles. The number of hydrogen-bond donors (Lipinski definition) is 2. The van der Waals surface area contributed by atoms with Gasteiger partial charge in [-0.05, 0) is 30.7 Å². The molecule has 0 aliphatic heterocycles. The summed E-state index contributed by atoms with van der Waals surface area (Å²) in [6.07, 6.45) is 0. The fraction of sp³-hybridized carbons (Fsp3) is 0.111. The summed E-state index contributed by atoms with van der Waals surface area (Å²) in [6, 6.07) is 15.8. The number of benzene rings is 2. The van der Waals surface area contributed by atoms with Crippen molar-refractivity contribution in [2.24, 2.45) is 0 Å². The van der Waals surface area contributed by atoms with E-state index in [1.54, 1.807) is 18.2 Å². The Hall–Kier alpha value is -2.66. The molecule has 2 N–H and O–H groups in total. The maximum Gasteiger partial charge on any atom is 0.229 e. The SMILES string of the molecule is Cc1cc(NCc2ccccc2Cl)nc(Nc2ccccc2F)n1. The summed E-state index contributed by atoms with van der Waals surface area (Å²) in [6.45, 7) is 2.39. The van der Waals surface area contributed by atoms with Gasteiger partial charge in [0.2, 0.25) is 5.95 Å². The quantitative estimate of drug-likeness (QED) is 0.690. The van der Waals surface area contributed by atoms with E-state index in [1.165, 1.54) is 6.07 Å². The van der Waals surface area contributed by atoms with Gasteiger partial charge in [0.15, 0.2) is 0 Å². The fourth-order valence-electron chi connectivity index (χ4n) is 2.23. The largest absolute Gasteiger partial charge is 0.366 e. The Labute approximate surface area is 144 Å². The van der Waals surface area contributed by atoms with Crippen LogP contribution in [0, 0.1) is 12.7 Å². The van der Waals surface area contributed by atoms with Crippen LogP contribution in [0.15, 0.2) is 54.6 Å². The first kappa shape index (κ1) is 16.2. The van der Waals surface area contributed by atoms with Crippen molar-refractivity contribution in [2.45, 2.75) is 13.5 Å². The summed E-state index contributed by atoms with van der Waals surface area (Å²) < 4.78 is 13.7. The minimum absolute atomic E-state index is 0.333. The van der Waals surface area contributed by atoms with E-state index in [-0.39, 0.29) is 5.82 Å². The molecule has 0 atom stereocenters. The van der Waals surface area contributed by atoms with Crippen LogP contribution in [0.3, 0.4) is 0 Å². The third-order valence-corrected chi connectivity index (χ3v) is 3.76. The van der Waals surface area contributed by atoms with Crippen LogP contribution in [0.4, 0.5) is 21.8 Å². The van der Waals surface area contributed by atoms with Crippen LogP contribution in [-0.4, -0.2) is 9.97 Å². The molecule has 24 heavy (non-hydrogen) atoms. The number of anilines is 3. The second-order valence-corrected chi connectivity index (χ2v) is 5.68. The molecule has 0 spiro atoms. The van der Waals surface area contributed by atoms with Crippen LogP contribution >= 0.6 is 11.6 Å². The van der Waals surface area contributed by atoms with Crippen LogP contribution in [0.25, 0.3) is 0 Å². The number of hydrogen-bond acceptors (Lipinski definition) is 4. The number of aromatic nitrogens is 2. The number of rotatable bonds is 5. The van der Waals surface area contributed by atoms with E-state index in [0.717, 1.165) is 11.3 Å². The van der Waals surface area contributed by atoms with Crippen LogP contribution in [-0.2, 0) is 6.54 Å². The van der Waals surface area contributed by atoms with Gasteiger partial charge in [0.25, 0.3) is 0 Å². The molecule has 0 unspecified atom stereocenters. The first-order chi connectivity index (χ1) is 11.6. The topological polar surface area (TPSA) is 49.8 Å². The zero-order valence-corrected chi connectivity index (χ0v) is 13.8. The molecule has 3 aromatic rings. The van der Waals surface area contributed by atoms with Crippen molar-refractivity contribution in [2.75, 3.05) is 10.6 Å². The maximum absolute atomic E-state index is 13.7. The van der Waals surface area contributed by atoms with Crippen LogP contribution in [0.2, 0.25) is 5.02 Å². The molecule has 0 radical (unpaired) electrons. The third kappa shape index (κ3) is 4.00. The van der Waals surface area contributed by atoms with E-state index in [9.17, 15) is 4.39 Å². The lowest BCUT2D eigenvalue weighted by Gasteiger charge is -2.11. The van der Waals surface area contributed by atoms with Crippen LogP contribution < -0.4 is 10.6 Å². The Balaban J connectivity index is 1.77. The zero-order chi connectivity index (χ0) is 16.9. The maximum atomic E-state index is 13.7. The van der Waals surface area contributed by atoms with Gasteiger partial charge in [0.1, 0.15) is 11.6 Å². The average Bonchev–Trinajstić information content (AvgIpc) is 2.56. The Kier molecular flexibility index (Phi) is 4.91. The van der Waals surface area contributed by atoms with Gasteiger partial charge in [-0.1, -0.05) is 41.9 Å². The molecule has 0 saturated carbocycles. The molecule has 0 fully saturated rings. The van der Waals surface area contributed by atoms with E-state index in [0.29, 0.717) is 29.0 Å². The third-order valence-electron chi connectivity index (χ3n) is 3.39. The van der Waals surface area contributed by atoms with E-state index < -0.39 is 0 Å². The Morgan fingerprint density at radius 1 is 1.04 bits per heavy atom. The Bertz CT molecular complexity index is 854. The van der Waals surface area contributed by atoms with Crippen molar-refractivity contribution in [3.05, 3.63) is 76.7 Å². The highest BCUT2D eigenvalue weighted by atomic mass is 35.5. The highest BCUT2D eigenvalue weighted by Gasteiger charge is 2.06. The van der Waals surface area contributed by atoms with E-state index in [1.807, 2.05) is 37.3 Å². The molecule has 6 heteroatoms. The summed E-state index contributed by atoms with van der Waals surface area (Å²) in [5.41, 5.74) is 2.07. The monoisotopic (exact) mass is 342 g/mol. The average molecular weight is 343 g/mol. The molecule has 3 rings (SSSR count). The van der Waals surface area contributed by atoms with Gasteiger partial charge in [-0.25, -0.2) is 9.37 Å². The lowest BCUT2D eigenvalue weighted by molar-refractivity contribution is 0.631. The molecule has 0 saturated heterocycles. The summed E-state index contributed by atoms with van der Waals surface area (Å²) >= 11 is 6.15. The lowest BCUT2D eigenvalue weighted by Crippen LogP contribution is -2.06. The van der Waals surface area contributed by atoms with Crippen molar-refractivity contribution in [3.63, 3.8) is 0 Å². The molecule has 0 bridgehead atoms. The number of nitrogens with zero attached hydrogens (tertiary/aromatic N) is 2. The van der Waals surface area contributed by atoms with Gasteiger partial charge >= 0.3 is 0 Å². The summed E-state index contributed by atoms with van der Waals surface area (Å²) in [5.74, 6) is 0.621. The van der Waals surface area contributed by atoms with Crippen molar-refractivity contribution < 1.29 is 4.39 Å². The zero-order valence-electron chi connectivity index (χ0n) is 13.1. The molecule has 0 amide bonds. The Morgan fingerprint density at radius 3 is 2.58 bits per heavy atom. The van der Waals surface area contributed by atoms with Crippen LogP contribution in [0.5, 0.6) is 0 Å². The molecule has 122 valence electrons. The molecule has 1 aromatic heterocycles. The van der Waals surface area contributed by atoms with Gasteiger partial charge in [0.05, 0.1) is 5.69 Å². The molecular weight excluding hydrogens is 327 g/mol. The van der Waals surface area contributed by atoms with Gasteiger partial charge in [-0.2, -0.15) is 4.98 Å². The second kappa shape index (κ2) is 7.27.